The van der Waals surface area contributed by atoms with E-state index >= 15 is 0 Å². The first-order chi connectivity index (χ1) is 8.61. The van der Waals surface area contributed by atoms with Crippen LogP contribution in [0, 0.1) is 0 Å². The zero-order chi connectivity index (χ0) is 13.1. The highest BCUT2D eigenvalue weighted by atomic mass is 35.5. The molecular weight excluding hydrogens is 258 g/mol. The SMILES string of the molecule is COc1ccc(Cl)c(Oc2c(N)nc[nH]c2=O)c1. The van der Waals surface area contributed by atoms with Crippen LogP contribution in [0.25, 0.3) is 0 Å². The van der Waals surface area contributed by atoms with E-state index in [2.05, 4.69) is 9.97 Å². The molecule has 2 aromatic rings. The summed E-state index contributed by atoms with van der Waals surface area (Å²) >= 11 is 5.95. The molecule has 1 aromatic carbocycles. The van der Waals surface area contributed by atoms with Crippen LogP contribution in [0.2, 0.25) is 5.02 Å². The summed E-state index contributed by atoms with van der Waals surface area (Å²) in [7, 11) is 1.51. The lowest BCUT2D eigenvalue weighted by Gasteiger charge is -2.09. The molecule has 0 aliphatic carbocycles. The highest BCUT2D eigenvalue weighted by molar-refractivity contribution is 6.32. The van der Waals surface area contributed by atoms with Crippen molar-refractivity contribution in [2.75, 3.05) is 12.8 Å². The van der Waals surface area contributed by atoms with E-state index in [-0.39, 0.29) is 17.3 Å². The van der Waals surface area contributed by atoms with Gasteiger partial charge in [-0.05, 0) is 12.1 Å². The predicted molar refractivity (Wildman–Crippen MR) is 67.3 cm³/mol. The maximum atomic E-state index is 11.5. The second-order valence-electron chi connectivity index (χ2n) is 3.34. The molecule has 0 amide bonds. The molecule has 6 nitrogen and oxygen atoms in total. The largest absolute Gasteiger partial charge is 0.497 e. The van der Waals surface area contributed by atoms with E-state index < -0.39 is 5.56 Å². The fraction of sp³-hybridized carbons (Fsp3) is 0.0909. The minimum Gasteiger partial charge on any atom is -0.497 e. The molecule has 2 rings (SSSR count). The zero-order valence-electron chi connectivity index (χ0n) is 9.44. The van der Waals surface area contributed by atoms with E-state index in [9.17, 15) is 4.79 Å². The maximum Gasteiger partial charge on any atom is 0.296 e. The lowest BCUT2D eigenvalue weighted by atomic mass is 10.3. The summed E-state index contributed by atoms with van der Waals surface area (Å²) in [6.07, 6.45) is 1.19. The van der Waals surface area contributed by atoms with Crippen molar-refractivity contribution in [2.45, 2.75) is 0 Å². The number of methoxy groups -OCH3 is 1. The monoisotopic (exact) mass is 267 g/mol. The fourth-order valence-corrected chi connectivity index (χ4v) is 1.45. The molecule has 0 saturated heterocycles. The van der Waals surface area contributed by atoms with E-state index in [4.69, 9.17) is 26.8 Å². The Balaban J connectivity index is 2.43. The molecule has 0 aliphatic heterocycles. The van der Waals surface area contributed by atoms with Crippen LogP contribution in [0.1, 0.15) is 0 Å². The lowest BCUT2D eigenvalue weighted by Crippen LogP contribution is -2.12. The molecule has 1 heterocycles. The number of hydrogen-bond acceptors (Lipinski definition) is 5. The Morgan fingerprint density at radius 3 is 2.89 bits per heavy atom. The first-order valence-corrected chi connectivity index (χ1v) is 5.34. The number of aromatic nitrogens is 2. The topological polar surface area (TPSA) is 90.2 Å². The second kappa shape index (κ2) is 4.97. The Kier molecular flexibility index (Phi) is 3.38. The summed E-state index contributed by atoms with van der Waals surface area (Å²) in [6, 6.07) is 4.82. The molecule has 94 valence electrons. The van der Waals surface area contributed by atoms with Gasteiger partial charge in [-0.1, -0.05) is 11.6 Å². The molecular formula is C11H10ClN3O3. The Morgan fingerprint density at radius 2 is 2.22 bits per heavy atom. The molecule has 0 aliphatic rings. The van der Waals surface area contributed by atoms with E-state index in [0.29, 0.717) is 10.8 Å². The van der Waals surface area contributed by atoms with Crippen molar-refractivity contribution in [3.8, 4) is 17.2 Å². The van der Waals surface area contributed by atoms with Crippen molar-refractivity contribution in [3.05, 3.63) is 39.9 Å². The van der Waals surface area contributed by atoms with Crippen LogP contribution in [-0.2, 0) is 0 Å². The third-order valence-corrected chi connectivity index (χ3v) is 2.50. The maximum absolute atomic E-state index is 11.5. The number of ether oxygens (including phenoxy) is 2. The van der Waals surface area contributed by atoms with Gasteiger partial charge < -0.3 is 20.2 Å². The standard InChI is InChI=1S/C11H10ClN3O3/c1-17-6-2-3-7(12)8(4-6)18-9-10(13)14-5-15-11(9)16/h2-5H,1H3,(H3,13,14,15,16). The number of H-pyrrole nitrogens is 1. The molecule has 0 fully saturated rings. The van der Waals surface area contributed by atoms with Gasteiger partial charge in [-0.2, -0.15) is 0 Å². The summed E-state index contributed by atoms with van der Waals surface area (Å²) in [4.78, 5) is 17.6. The molecule has 7 heteroatoms. The van der Waals surface area contributed by atoms with Gasteiger partial charge in [0.25, 0.3) is 5.56 Å². The number of halogens is 1. The quantitative estimate of drug-likeness (QED) is 0.885. The van der Waals surface area contributed by atoms with Crippen LogP contribution >= 0.6 is 11.6 Å². The summed E-state index contributed by atoms with van der Waals surface area (Å²) in [5.74, 6) is 0.694. The molecule has 0 bridgehead atoms. The Morgan fingerprint density at radius 1 is 1.44 bits per heavy atom. The Bertz CT molecular complexity index is 627. The van der Waals surface area contributed by atoms with Crippen molar-refractivity contribution < 1.29 is 9.47 Å². The number of nitrogens with two attached hydrogens (primary N) is 1. The number of anilines is 1. The van der Waals surface area contributed by atoms with Crippen molar-refractivity contribution >= 4 is 17.4 Å². The Hall–Kier alpha value is -2.21. The fourth-order valence-electron chi connectivity index (χ4n) is 1.30. The van der Waals surface area contributed by atoms with Gasteiger partial charge in [0.05, 0.1) is 18.5 Å². The van der Waals surface area contributed by atoms with Gasteiger partial charge in [0.2, 0.25) is 5.75 Å². The molecule has 0 saturated carbocycles. The number of benzene rings is 1. The summed E-state index contributed by atoms with van der Waals surface area (Å²) in [6.45, 7) is 0. The van der Waals surface area contributed by atoms with Crippen molar-refractivity contribution in [1.29, 1.82) is 0 Å². The molecule has 0 radical (unpaired) electrons. The lowest BCUT2D eigenvalue weighted by molar-refractivity contribution is 0.408. The van der Waals surface area contributed by atoms with Crippen LogP contribution in [0.3, 0.4) is 0 Å². The second-order valence-corrected chi connectivity index (χ2v) is 3.75. The van der Waals surface area contributed by atoms with E-state index in [1.165, 1.54) is 13.4 Å². The highest BCUT2D eigenvalue weighted by Crippen LogP contribution is 2.32. The predicted octanol–water partition coefficient (Wildman–Crippen LogP) is 1.81. The average Bonchev–Trinajstić information content (AvgIpc) is 2.36. The molecule has 18 heavy (non-hydrogen) atoms. The molecule has 0 unspecified atom stereocenters. The number of rotatable bonds is 3. The van der Waals surface area contributed by atoms with Gasteiger partial charge in [-0.3, -0.25) is 4.79 Å². The number of nitrogens with one attached hydrogen (secondary N) is 1. The van der Waals surface area contributed by atoms with Gasteiger partial charge in [-0.15, -0.1) is 0 Å². The Labute approximate surface area is 107 Å². The first kappa shape index (κ1) is 12.3. The van der Waals surface area contributed by atoms with Crippen molar-refractivity contribution in [2.24, 2.45) is 0 Å². The minimum absolute atomic E-state index is 0.0161. The van der Waals surface area contributed by atoms with Gasteiger partial charge in [-0.25, -0.2) is 4.98 Å². The van der Waals surface area contributed by atoms with E-state index in [0.717, 1.165) is 0 Å². The molecule has 0 atom stereocenters. The first-order valence-electron chi connectivity index (χ1n) is 4.96. The summed E-state index contributed by atoms with van der Waals surface area (Å²) in [5.41, 5.74) is 5.07. The number of nitrogen functional groups attached to an aromatic ring is 1. The van der Waals surface area contributed by atoms with Crippen molar-refractivity contribution in [3.63, 3.8) is 0 Å². The smallest absolute Gasteiger partial charge is 0.296 e. The third kappa shape index (κ3) is 2.38. The van der Waals surface area contributed by atoms with Crippen LogP contribution in [-0.4, -0.2) is 17.1 Å². The molecule has 1 aromatic heterocycles. The van der Waals surface area contributed by atoms with Crippen LogP contribution < -0.4 is 20.8 Å². The van der Waals surface area contributed by atoms with Crippen LogP contribution in [0.5, 0.6) is 17.2 Å². The van der Waals surface area contributed by atoms with Gasteiger partial charge in [0.15, 0.2) is 5.82 Å². The van der Waals surface area contributed by atoms with Gasteiger partial charge in [0, 0.05) is 6.07 Å². The number of nitrogens with zero attached hydrogens (tertiary/aromatic N) is 1. The van der Waals surface area contributed by atoms with Crippen LogP contribution in [0.4, 0.5) is 5.82 Å². The summed E-state index contributed by atoms with van der Waals surface area (Å²) in [5, 5.41) is 0.332. The average molecular weight is 268 g/mol. The van der Waals surface area contributed by atoms with E-state index in [1.54, 1.807) is 18.2 Å². The normalized spacial score (nSPS) is 10.1. The van der Waals surface area contributed by atoms with Gasteiger partial charge >= 0.3 is 0 Å². The zero-order valence-corrected chi connectivity index (χ0v) is 10.2. The number of aromatic amines is 1. The van der Waals surface area contributed by atoms with Crippen LogP contribution in [0.15, 0.2) is 29.3 Å². The van der Waals surface area contributed by atoms with Crippen molar-refractivity contribution in [1.82, 2.24) is 9.97 Å². The third-order valence-electron chi connectivity index (χ3n) is 2.19. The summed E-state index contributed by atoms with van der Waals surface area (Å²) < 4.78 is 10.4. The molecule has 0 spiro atoms. The highest BCUT2D eigenvalue weighted by Gasteiger charge is 2.11. The minimum atomic E-state index is -0.485. The van der Waals surface area contributed by atoms with Gasteiger partial charge in [0.1, 0.15) is 11.5 Å². The number of hydrogen-bond donors (Lipinski definition) is 2. The molecule has 3 N–H and O–H groups in total. The van der Waals surface area contributed by atoms with E-state index in [1.807, 2.05) is 0 Å².